The van der Waals surface area contributed by atoms with Crippen LogP contribution in [0.2, 0.25) is 0 Å². The second-order valence-corrected chi connectivity index (χ2v) is 3.64. The molecule has 86 valence electrons. The highest BCUT2D eigenvalue weighted by Crippen LogP contribution is 2.24. The average molecular weight is 223 g/mol. The summed E-state index contributed by atoms with van der Waals surface area (Å²) in [6.07, 6.45) is -0.230. The number of carboxylic acid groups (broad SMARTS) is 1. The molecule has 0 saturated carbocycles. The van der Waals surface area contributed by atoms with Gasteiger partial charge in [0, 0.05) is 11.8 Å². The first-order valence-electron chi connectivity index (χ1n) is 4.92. The zero-order chi connectivity index (χ0) is 12.1. The van der Waals surface area contributed by atoms with Crippen LogP contribution in [-0.2, 0) is 4.79 Å². The Bertz CT molecular complexity index is 377. The summed E-state index contributed by atoms with van der Waals surface area (Å²) in [5, 5.41) is 19.5. The summed E-state index contributed by atoms with van der Waals surface area (Å²) in [5.41, 5.74) is 0.689. The molecule has 1 rings (SSSR count). The standard InChI is InChI=1S/C11H13NO4/c1-8(12(15)16)10(7-11(13)14)9-5-3-2-4-6-9/h2-6,8,10H,7H2,1H3,(H,13,14)/t8-,10-/m1/s1. The van der Waals surface area contributed by atoms with Crippen LogP contribution in [0.5, 0.6) is 0 Å². The molecule has 0 unspecified atom stereocenters. The number of hydrogen-bond acceptors (Lipinski definition) is 3. The van der Waals surface area contributed by atoms with E-state index in [-0.39, 0.29) is 6.42 Å². The van der Waals surface area contributed by atoms with Crippen LogP contribution in [0.25, 0.3) is 0 Å². The lowest BCUT2D eigenvalue weighted by Gasteiger charge is -2.16. The minimum absolute atomic E-state index is 0.230. The van der Waals surface area contributed by atoms with E-state index in [4.69, 9.17) is 5.11 Å². The van der Waals surface area contributed by atoms with Crippen LogP contribution in [0.15, 0.2) is 30.3 Å². The minimum Gasteiger partial charge on any atom is -0.481 e. The van der Waals surface area contributed by atoms with Crippen molar-refractivity contribution in [3.63, 3.8) is 0 Å². The normalized spacial score (nSPS) is 14.1. The highest BCUT2D eigenvalue weighted by atomic mass is 16.6. The van der Waals surface area contributed by atoms with Crippen molar-refractivity contribution < 1.29 is 14.8 Å². The molecule has 0 spiro atoms. The Morgan fingerprint density at radius 1 is 1.44 bits per heavy atom. The van der Waals surface area contributed by atoms with Crippen LogP contribution < -0.4 is 0 Å². The molecule has 0 bridgehead atoms. The smallest absolute Gasteiger partial charge is 0.304 e. The van der Waals surface area contributed by atoms with Gasteiger partial charge in [0.15, 0.2) is 0 Å². The average Bonchev–Trinajstić information content (AvgIpc) is 2.26. The number of nitrogens with zero attached hydrogens (tertiary/aromatic N) is 1. The van der Waals surface area contributed by atoms with Crippen LogP contribution in [0, 0.1) is 10.1 Å². The van der Waals surface area contributed by atoms with E-state index in [2.05, 4.69) is 0 Å². The highest BCUT2D eigenvalue weighted by Gasteiger charge is 2.29. The topological polar surface area (TPSA) is 80.4 Å². The van der Waals surface area contributed by atoms with Crippen molar-refractivity contribution in [1.82, 2.24) is 0 Å². The third-order valence-corrected chi connectivity index (χ3v) is 2.54. The van der Waals surface area contributed by atoms with E-state index < -0.39 is 22.9 Å². The molecule has 0 aliphatic heterocycles. The van der Waals surface area contributed by atoms with Gasteiger partial charge in [-0.25, -0.2) is 0 Å². The third kappa shape index (κ3) is 3.05. The Morgan fingerprint density at radius 2 is 2.00 bits per heavy atom. The van der Waals surface area contributed by atoms with Gasteiger partial charge in [0.2, 0.25) is 6.04 Å². The molecular weight excluding hydrogens is 210 g/mol. The molecule has 2 atom stereocenters. The molecular formula is C11H13NO4. The Labute approximate surface area is 92.9 Å². The second-order valence-electron chi connectivity index (χ2n) is 3.64. The van der Waals surface area contributed by atoms with Crippen molar-refractivity contribution in [2.75, 3.05) is 0 Å². The van der Waals surface area contributed by atoms with Gasteiger partial charge < -0.3 is 5.11 Å². The lowest BCUT2D eigenvalue weighted by molar-refractivity contribution is -0.522. The molecule has 0 saturated heterocycles. The number of carboxylic acids is 1. The fraction of sp³-hybridized carbons (Fsp3) is 0.364. The SMILES string of the molecule is C[C@H]([C@@H](CC(=O)O)c1ccccc1)[N+](=O)[O-]. The predicted octanol–water partition coefficient (Wildman–Crippen LogP) is 1.91. The summed E-state index contributed by atoms with van der Waals surface area (Å²) in [6, 6.07) is 7.81. The van der Waals surface area contributed by atoms with Crippen LogP contribution in [-0.4, -0.2) is 22.0 Å². The van der Waals surface area contributed by atoms with E-state index in [0.29, 0.717) is 5.56 Å². The first kappa shape index (κ1) is 12.2. The van der Waals surface area contributed by atoms with Crippen molar-refractivity contribution >= 4 is 5.97 Å². The number of hydrogen-bond donors (Lipinski definition) is 1. The Balaban J connectivity index is 2.96. The van der Waals surface area contributed by atoms with Gasteiger partial charge in [-0.3, -0.25) is 14.9 Å². The quantitative estimate of drug-likeness (QED) is 0.610. The molecule has 0 aliphatic rings. The molecule has 0 aliphatic carbocycles. The summed E-state index contributed by atoms with van der Waals surface area (Å²) in [5.74, 6) is -1.61. The number of aliphatic carboxylic acids is 1. The monoisotopic (exact) mass is 223 g/mol. The molecule has 5 heteroatoms. The molecule has 0 amide bonds. The Morgan fingerprint density at radius 3 is 2.44 bits per heavy atom. The molecule has 5 nitrogen and oxygen atoms in total. The van der Waals surface area contributed by atoms with Gasteiger partial charge >= 0.3 is 5.97 Å². The summed E-state index contributed by atoms with van der Waals surface area (Å²) in [4.78, 5) is 21.0. The highest BCUT2D eigenvalue weighted by molar-refractivity contribution is 5.68. The van der Waals surface area contributed by atoms with Crippen molar-refractivity contribution in [3.05, 3.63) is 46.0 Å². The van der Waals surface area contributed by atoms with Crippen molar-refractivity contribution in [1.29, 1.82) is 0 Å². The molecule has 1 aromatic carbocycles. The summed E-state index contributed by atoms with van der Waals surface area (Å²) in [7, 11) is 0. The molecule has 1 N–H and O–H groups in total. The third-order valence-electron chi connectivity index (χ3n) is 2.54. The van der Waals surface area contributed by atoms with Gasteiger partial charge in [0.05, 0.1) is 12.3 Å². The van der Waals surface area contributed by atoms with Gasteiger partial charge in [-0.1, -0.05) is 30.3 Å². The van der Waals surface area contributed by atoms with Gasteiger partial charge in [-0.05, 0) is 5.56 Å². The fourth-order valence-electron chi connectivity index (χ4n) is 1.60. The number of rotatable bonds is 5. The van der Waals surface area contributed by atoms with Crippen molar-refractivity contribution in [2.45, 2.75) is 25.3 Å². The zero-order valence-electron chi connectivity index (χ0n) is 8.87. The van der Waals surface area contributed by atoms with E-state index in [1.54, 1.807) is 30.3 Å². The fourth-order valence-corrected chi connectivity index (χ4v) is 1.60. The first-order valence-corrected chi connectivity index (χ1v) is 4.92. The van der Waals surface area contributed by atoms with Crippen molar-refractivity contribution in [3.8, 4) is 0 Å². The van der Waals surface area contributed by atoms with Gasteiger partial charge in [-0.2, -0.15) is 0 Å². The lowest BCUT2D eigenvalue weighted by Crippen LogP contribution is -2.26. The molecule has 0 aromatic heterocycles. The van der Waals surface area contributed by atoms with Crippen LogP contribution >= 0.6 is 0 Å². The second kappa shape index (κ2) is 5.25. The lowest BCUT2D eigenvalue weighted by atomic mass is 9.90. The summed E-state index contributed by atoms with van der Waals surface area (Å²) < 4.78 is 0. The largest absolute Gasteiger partial charge is 0.481 e. The maximum atomic E-state index is 10.7. The van der Waals surface area contributed by atoms with E-state index in [1.807, 2.05) is 0 Å². The number of nitro groups is 1. The maximum Gasteiger partial charge on any atom is 0.304 e. The van der Waals surface area contributed by atoms with E-state index in [9.17, 15) is 14.9 Å². The van der Waals surface area contributed by atoms with Crippen LogP contribution in [0.4, 0.5) is 0 Å². The van der Waals surface area contributed by atoms with E-state index in [1.165, 1.54) is 6.92 Å². The molecule has 0 radical (unpaired) electrons. The first-order chi connectivity index (χ1) is 7.52. The molecule has 0 heterocycles. The van der Waals surface area contributed by atoms with Gasteiger partial charge in [-0.15, -0.1) is 0 Å². The Hall–Kier alpha value is -1.91. The predicted molar refractivity (Wildman–Crippen MR) is 57.9 cm³/mol. The summed E-state index contributed by atoms with van der Waals surface area (Å²) in [6.45, 7) is 1.43. The molecule has 0 fully saturated rings. The Kier molecular flexibility index (Phi) is 3.99. The minimum atomic E-state index is -1.03. The number of carbonyl (C=O) groups is 1. The zero-order valence-corrected chi connectivity index (χ0v) is 8.87. The van der Waals surface area contributed by atoms with Gasteiger partial charge in [0.25, 0.3) is 0 Å². The summed E-state index contributed by atoms with van der Waals surface area (Å²) >= 11 is 0. The van der Waals surface area contributed by atoms with Crippen LogP contribution in [0.3, 0.4) is 0 Å². The molecule has 1 aromatic rings. The number of benzene rings is 1. The maximum absolute atomic E-state index is 10.7. The molecule has 16 heavy (non-hydrogen) atoms. The van der Waals surface area contributed by atoms with E-state index in [0.717, 1.165) is 0 Å². The van der Waals surface area contributed by atoms with Gasteiger partial charge in [0.1, 0.15) is 0 Å². The van der Waals surface area contributed by atoms with Crippen LogP contribution in [0.1, 0.15) is 24.8 Å². The van der Waals surface area contributed by atoms with Crippen molar-refractivity contribution in [2.24, 2.45) is 0 Å². The van der Waals surface area contributed by atoms with E-state index >= 15 is 0 Å².